The second-order valence-electron chi connectivity index (χ2n) is 11.0. The van der Waals surface area contributed by atoms with E-state index in [1.807, 2.05) is 19.9 Å². The molecule has 2 N–H and O–H groups in total. The number of pyridine rings is 1. The molecule has 6 rings (SSSR count). The van der Waals surface area contributed by atoms with Gasteiger partial charge in [0.2, 0.25) is 5.95 Å². The fourth-order valence-corrected chi connectivity index (χ4v) is 5.55. The van der Waals surface area contributed by atoms with E-state index in [0.29, 0.717) is 23.4 Å². The minimum absolute atomic E-state index is 0.0164. The number of nitrogens with one attached hydrogen (secondary N) is 2. The third-order valence-corrected chi connectivity index (χ3v) is 7.59. The number of imidazole rings is 1. The summed E-state index contributed by atoms with van der Waals surface area (Å²) in [7, 11) is 0. The molecule has 1 saturated carbocycles. The first-order valence-electron chi connectivity index (χ1n) is 13.3. The molecule has 0 bridgehead atoms. The average molecular weight is 555 g/mol. The first-order valence-corrected chi connectivity index (χ1v) is 13.3. The van der Waals surface area contributed by atoms with Gasteiger partial charge in [0.05, 0.1) is 11.2 Å². The van der Waals surface area contributed by atoms with Gasteiger partial charge in [-0.05, 0) is 57.4 Å². The van der Waals surface area contributed by atoms with E-state index >= 15 is 4.39 Å². The quantitative estimate of drug-likeness (QED) is 0.300. The van der Waals surface area contributed by atoms with Crippen LogP contribution >= 0.6 is 0 Å². The molecule has 2 aliphatic rings. The molecule has 1 aromatic carbocycles. The Labute approximate surface area is 228 Å². The highest BCUT2D eigenvalue weighted by Gasteiger charge is 2.45. The lowest BCUT2D eigenvalue weighted by Gasteiger charge is -2.33. The SMILES string of the molecule is Cc1nc2c(F)cc(-c3nc(Nc4ccc(CN5CCNC6(CC6)C5)cn4)ncc3C(F)(F)F)cc2n1C(C)C. The Bertz CT molecular complexity index is 1560. The number of nitrogens with zero attached hydrogens (tertiary/aromatic N) is 6. The molecule has 0 amide bonds. The Morgan fingerprint density at radius 2 is 1.90 bits per heavy atom. The van der Waals surface area contributed by atoms with Gasteiger partial charge in [0.15, 0.2) is 5.82 Å². The van der Waals surface area contributed by atoms with Gasteiger partial charge in [0.1, 0.15) is 22.7 Å². The molecule has 210 valence electrons. The number of hydrogen-bond donors (Lipinski definition) is 2. The third-order valence-electron chi connectivity index (χ3n) is 7.59. The van der Waals surface area contributed by atoms with E-state index in [1.54, 1.807) is 23.8 Å². The number of benzene rings is 1. The zero-order chi connectivity index (χ0) is 28.2. The minimum atomic E-state index is -4.74. The van der Waals surface area contributed by atoms with E-state index in [4.69, 9.17) is 0 Å². The first kappa shape index (κ1) is 26.6. The Morgan fingerprint density at radius 3 is 2.58 bits per heavy atom. The van der Waals surface area contributed by atoms with Crippen LogP contribution in [0.15, 0.2) is 36.7 Å². The highest BCUT2D eigenvalue weighted by molar-refractivity contribution is 5.83. The van der Waals surface area contributed by atoms with Gasteiger partial charge >= 0.3 is 6.18 Å². The predicted molar refractivity (Wildman–Crippen MR) is 144 cm³/mol. The monoisotopic (exact) mass is 554 g/mol. The number of anilines is 2. The van der Waals surface area contributed by atoms with Gasteiger partial charge in [-0.2, -0.15) is 13.2 Å². The average Bonchev–Trinajstić information content (AvgIpc) is 3.53. The largest absolute Gasteiger partial charge is 0.419 e. The molecule has 1 saturated heterocycles. The fourth-order valence-electron chi connectivity index (χ4n) is 5.55. The van der Waals surface area contributed by atoms with Crippen molar-refractivity contribution in [2.75, 3.05) is 25.0 Å². The van der Waals surface area contributed by atoms with Crippen LogP contribution in [0.2, 0.25) is 0 Å². The molecular weight excluding hydrogens is 524 g/mol. The first-order chi connectivity index (χ1) is 19.0. The molecule has 12 heteroatoms. The zero-order valence-electron chi connectivity index (χ0n) is 22.5. The summed E-state index contributed by atoms with van der Waals surface area (Å²) in [6.45, 7) is 9.26. The predicted octanol–water partition coefficient (Wildman–Crippen LogP) is 5.62. The van der Waals surface area contributed by atoms with Crippen molar-refractivity contribution in [3.63, 3.8) is 0 Å². The Hall–Kier alpha value is -3.64. The molecular formula is C28H30F4N8. The molecule has 2 fully saturated rings. The van der Waals surface area contributed by atoms with Crippen LogP contribution in [-0.2, 0) is 12.7 Å². The lowest BCUT2D eigenvalue weighted by Crippen LogP contribution is -2.51. The summed E-state index contributed by atoms with van der Waals surface area (Å²) < 4.78 is 58.8. The van der Waals surface area contributed by atoms with E-state index in [0.717, 1.165) is 37.8 Å². The lowest BCUT2D eigenvalue weighted by molar-refractivity contribution is -0.137. The van der Waals surface area contributed by atoms with Crippen LogP contribution in [0.4, 0.5) is 29.3 Å². The molecule has 0 unspecified atom stereocenters. The van der Waals surface area contributed by atoms with Crippen LogP contribution in [0, 0.1) is 12.7 Å². The molecule has 1 aliphatic carbocycles. The number of piperazine rings is 1. The van der Waals surface area contributed by atoms with Gasteiger partial charge in [-0.15, -0.1) is 0 Å². The summed E-state index contributed by atoms with van der Waals surface area (Å²) >= 11 is 0. The number of fused-ring (bicyclic) bond motifs is 1. The van der Waals surface area contributed by atoms with Crippen molar-refractivity contribution in [3.05, 3.63) is 59.4 Å². The van der Waals surface area contributed by atoms with Crippen LogP contribution in [0.1, 0.15) is 49.7 Å². The molecule has 3 aromatic heterocycles. The van der Waals surface area contributed by atoms with Gasteiger partial charge in [0, 0.05) is 55.7 Å². The van der Waals surface area contributed by atoms with E-state index < -0.39 is 23.3 Å². The van der Waals surface area contributed by atoms with Crippen molar-refractivity contribution in [1.29, 1.82) is 0 Å². The maximum Gasteiger partial charge on any atom is 0.419 e. The molecule has 4 heterocycles. The highest BCUT2D eigenvalue weighted by atomic mass is 19.4. The van der Waals surface area contributed by atoms with Crippen molar-refractivity contribution >= 4 is 22.8 Å². The zero-order valence-corrected chi connectivity index (χ0v) is 22.5. The summed E-state index contributed by atoms with van der Waals surface area (Å²) in [5.41, 5.74) is 0.328. The van der Waals surface area contributed by atoms with Crippen molar-refractivity contribution in [3.8, 4) is 11.3 Å². The van der Waals surface area contributed by atoms with Crippen LogP contribution in [-0.4, -0.2) is 54.6 Å². The summed E-state index contributed by atoms with van der Waals surface area (Å²) in [6, 6.07) is 6.14. The number of aromatic nitrogens is 5. The molecule has 1 spiro atoms. The number of aryl methyl sites for hydroxylation is 1. The highest BCUT2D eigenvalue weighted by Crippen LogP contribution is 2.39. The van der Waals surface area contributed by atoms with Gasteiger partial charge < -0.3 is 15.2 Å². The van der Waals surface area contributed by atoms with E-state index in [2.05, 4.69) is 35.5 Å². The van der Waals surface area contributed by atoms with Gasteiger partial charge in [-0.25, -0.2) is 24.3 Å². The van der Waals surface area contributed by atoms with Gasteiger partial charge in [-0.1, -0.05) is 6.07 Å². The number of hydrogen-bond acceptors (Lipinski definition) is 7. The number of alkyl halides is 3. The maximum atomic E-state index is 15.1. The summed E-state index contributed by atoms with van der Waals surface area (Å²) in [4.78, 5) is 19.2. The third kappa shape index (κ3) is 5.13. The molecule has 40 heavy (non-hydrogen) atoms. The maximum absolute atomic E-state index is 15.1. The van der Waals surface area contributed by atoms with Crippen molar-refractivity contribution in [1.82, 2.24) is 34.7 Å². The smallest absolute Gasteiger partial charge is 0.326 e. The lowest BCUT2D eigenvalue weighted by atomic mass is 10.1. The fraction of sp³-hybridized carbons (Fsp3) is 0.429. The van der Waals surface area contributed by atoms with E-state index in [1.165, 1.54) is 18.9 Å². The van der Waals surface area contributed by atoms with Crippen LogP contribution in [0.3, 0.4) is 0 Å². The Morgan fingerprint density at radius 1 is 1.10 bits per heavy atom. The molecule has 4 aromatic rings. The normalized spacial score (nSPS) is 17.2. The number of halogens is 4. The van der Waals surface area contributed by atoms with Crippen molar-refractivity contribution in [2.45, 2.75) is 57.9 Å². The van der Waals surface area contributed by atoms with Crippen molar-refractivity contribution < 1.29 is 17.6 Å². The summed E-state index contributed by atoms with van der Waals surface area (Å²) in [6.07, 6.45) is 0.136. The summed E-state index contributed by atoms with van der Waals surface area (Å²) in [5.74, 6) is 0.171. The number of rotatable bonds is 6. The van der Waals surface area contributed by atoms with Crippen molar-refractivity contribution in [2.24, 2.45) is 0 Å². The molecule has 8 nitrogen and oxygen atoms in total. The Balaban J connectivity index is 1.29. The van der Waals surface area contributed by atoms with Crippen LogP contribution in [0.5, 0.6) is 0 Å². The topological polar surface area (TPSA) is 83.8 Å². The van der Waals surface area contributed by atoms with E-state index in [9.17, 15) is 13.2 Å². The van der Waals surface area contributed by atoms with E-state index in [-0.39, 0.29) is 28.6 Å². The second-order valence-corrected chi connectivity index (χ2v) is 11.0. The van der Waals surface area contributed by atoms with Gasteiger partial charge in [-0.3, -0.25) is 4.90 Å². The minimum Gasteiger partial charge on any atom is -0.326 e. The molecule has 1 aliphatic heterocycles. The Kier molecular flexibility index (Phi) is 6.49. The molecule has 0 radical (unpaired) electrons. The summed E-state index contributed by atoms with van der Waals surface area (Å²) in [5, 5.41) is 6.49. The van der Waals surface area contributed by atoms with Crippen LogP contribution in [0.25, 0.3) is 22.3 Å². The van der Waals surface area contributed by atoms with Crippen LogP contribution < -0.4 is 10.6 Å². The standard InChI is InChI=1S/C28H30F4N8/c1-16(2)40-17(3)36-25-21(29)10-19(11-22(25)40)24-20(28(30,31)32)13-34-26(38-24)37-23-5-4-18(12-33-23)14-39-9-8-35-27(15-39)6-7-27/h4-5,10-13,16,35H,6-9,14-15H2,1-3H3,(H,33,34,37,38). The van der Waals surface area contributed by atoms with Gasteiger partial charge in [0.25, 0.3) is 0 Å². The second kappa shape index (κ2) is 9.77. The molecule has 0 atom stereocenters.